The molecule has 0 saturated carbocycles. The molecule has 0 aromatic heterocycles. The SMILES string of the molecule is Cc1ccc(C(=O)Nc2ccc(CCCl)cc2)cc1Cl. The zero-order valence-corrected chi connectivity index (χ0v) is 12.6. The van der Waals surface area contributed by atoms with Gasteiger partial charge in [-0.1, -0.05) is 29.8 Å². The molecule has 2 rings (SSSR count). The molecule has 0 aliphatic carbocycles. The molecule has 1 N–H and O–H groups in total. The topological polar surface area (TPSA) is 29.1 Å². The van der Waals surface area contributed by atoms with E-state index in [9.17, 15) is 4.79 Å². The summed E-state index contributed by atoms with van der Waals surface area (Å²) in [5, 5.41) is 3.44. The number of hydrogen-bond acceptors (Lipinski definition) is 1. The first-order valence-electron chi connectivity index (χ1n) is 6.32. The summed E-state index contributed by atoms with van der Waals surface area (Å²) < 4.78 is 0. The number of aryl methyl sites for hydroxylation is 2. The number of amides is 1. The third-order valence-electron chi connectivity index (χ3n) is 3.03. The predicted octanol–water partition coefficient (Wildman–Crippen LogP) is 4.68. The average molecular weight is 308 g/mol. The van der Waals surface area contributed by atoms with Gasteiger partial charge in [0.15, 0.2) is 0 Å². The lowest BCUT2D eigenvalue weighted by molar-refractivity contribution is 0.102. The maximum Gasteiger partial charge on any atom is 0.255 e. The van der Waals surface area contributed by atoms with Crippen LogP contribution in [0.2, 0.25) is 5.02 Å². The van der Waals surface area contributed by atoms with Gasteiger partial charge in [-0.25, -0.2) is 0 Å². The van der Waals surface area contributed by atoms with Gasteiger partial charge in [-0.05, 0) is 48.7 Å². The van der Waals surface area contributed by atoms with Crippen molar-refractivity contribution in [2.45, 2.75) is 13.3 Å². The standard InChI is InChI=1S/C16H15Cl2NO/c1-11-2-5-13(10-15(11)18)16(20)19-14-6-3-12(4-7-14)8-9-17/h2-7,10H,8-9H2,1H3,(H,19,20). The van der Waals surface area contributed by atoms with Crippen LogP contribution in [0.1, 0.15) is 21.5 Å². The van der Waals surface area contributed by atoms with Gasteiger partial charge < -0.3 is 5.32 Å². The first-order valence-corrected chi connectivity index (χ1v) is 7.24. The van der Waals surface area contributed by atoms with Crippen molar-refractivity contribution in [2.24, 2.45) is 0 Å². The molecule has 0 aliphatic heterocycles. The second kappa shape index (κ2) is 6.78. The fourth-order valence-electron chi connectivity index (χ4n) is 1.80. The van der Waals surface area contributed by atoms with Gasteiger partial charge in [0.05, 0.1) is 0 Å². The van der Waals surface area contributed by atoms with Crippen LogP contribution in [0, 0.1) is 6.92 Å². The van der Waals surface area contributed by atoms with Crippen molar-refractivity contribution in [3.8, 4) is 0 Å². The summed E-state index contributed by atoms with van der Waals surface area (Å²) in [6.45, 7) is 1.90. The Labute approximate surface area is 128 Å². The fourth-order valence-corrected chi connectivity index (χ4v) is 2.20. The van der Waals surface area contributed by atoms with Crippen LogP contribution < -0.4 is 5.32 Å². The lowest BCUT2D eigenvalue weighted by Crippen LogP contribution is -2.11. The summed E-state index contributed by atoms with van der Waals surface area (Å²) in [4.78, 5) is 12.1. The molecular formula is C16H15Cl2NO. The molecule has 0 radical (unpaired) electrons. The van der Waals surface area contributed by atoms with Crippen LogP contribution in [0.5, 0.6) is 0 Å². The third kappa shape index (κ3) is 3.75. The molecule has 0 saturated heterocycles. The zero-order valence-electron chi connectivity index (χ0n) is 11.1. The number of halogens is 2. The monoisotopic (exact) mass is 307 g/mol. The van der Waals surface area contributed by atoms with Gasteiger partial charge >= 0.3 is 0 Å². The fraction of sp³-hybridized carbons (Fsp3) is 0.188. The molecule has 0 aliphatic rings. The van der Waals surface area contributed by atoms with Gasteiger partial charge in [0.25, 0.3) is 5.91 Å². The highest BCUT2D eigenvalue weighted by Crippen LogP contribution is 2.18. The number of anilines is 1. The predicted molar refractivity (Wildman–Crippen MR) is 85.0 cm³/mol. The summed E-state index contributed by atoms with van der Waals surface area (Å²) in [7, 11) is 0. The number of nitrogens with one attached hydrogen (secondary N) is 1. The smallest absolute Gasteiger partial charge is 0.255 e. The van der Waals surface area contributed by atoms with Crippen molar-refractivity contribution < 1.29 is 4.79 Å². The van der Waals surface area contributed by atoms with E-state index >= 15 is 0 Å². The molecule has 0 atom stereocenters. The second-order valence-electron chi connectivity index (χ2n) is 4.55. The van der Waals surface area contributed by atoms with E-state index in [0.717, 1.165) is 23.2 Å². The van der Waals surface area contributed by atoms with Gasteiger partial charge in [0.2, 0.25) is 0 Å². The number of carbonyl (C=O) groups excluding carboxylic acids is 1. The molecule has 0 spiro atoms. The third-order valence-corrected chi connectivity index (χ3v) is 3.63. The molecule has 2 aromatic rings. The van der Waals surface area contributed by atoms with E-state index in [1.165, 1.54) is 0 Å². The van der Waals surface area contributed by atoms with E-state index in [2.05, 4.69) is 5.32 Å². The van der Waals surface area contributed by atoms with E-state index in [-0.39, 0.29) is 5.91 Å². The Morgan fingerprint density at radius 1 is 1.15 bits per heavy atom. The molecule has 2 nitrogen and oxygen atoms in total. The molecular weight excluding hydrogens is 293 g/mol. The maximum absolute atomic E-state index is 12.1. The minimum absolute atomic E-state index is 0.169. The van der Waals surface area contributed by atoms with Gasteiger partial charge in [0.1, 0.15) is 0 Å². The van der Waals surface area contributed by atoms with Crippen LogP contribution in [0.15, 0.2) is 42.5 Å². The van der Waals surface area contributed by atoms with Crippen LogP contribution >= 0.6 is 23.2 Å². The second-order valence-corrected chi connectivity index (χ2v) is 5.34. The number of rotatable bonds is 4. The Balaban J connectivity index is 2.08. The Morgan fingerprint density at radius 2 is 1.85 bits per heavy atom. The molecule has 1 amide bonds. The van der Waals surface area contributed by atoms with Gasteiger partial charge in [-0.2, -0.15) is 0 Å². The van der Waals surface area contributed by atoms with E-state index < -0.39 is 0 Å². The Hall–Kier alpha value is -1.51. The summed E-state index contributed by atoms with van der Waals surface area (Å²) in [5.74, 6) is 0.421. The number of hydrogen-bond donors (Lipinski definition) is 1. The zero-order chi connectivity index (χ0) is 14.5. The first kappa shape index (κ1) is 14.9. The summed E-state index contributed by atoms with van der Waals surface area (Å²) in [5.41, 5.74) is 3.40. The van der Waals surface area contributed by atoms with Crippen LogP contribution in [0.4, 0.5) is 5.69 Å². The average Bonchev–Trinajstić information content (AvgIpc) is 2.44. The largest absolute Gasteiger partial charge is 0.322 e. The van der Waals surface area contributed by atoms with E-state index in [1.807, 2.05) is 37.3 Å². The summed E-state index contributed by atoms with van der Waals surface area (Å²) in [6.07, 6.45) is 0.823. The molecule has 4 heteroatoms. The molecule has 0 unspecified atom stereocenters. The molecule has 2 aromatic carbocycles. The van der Waals surface area contributed by atoms with Crippen LogP contribution in [-0.2, 0) is 6.42 Å². The highest BCUT2D eigenvalue weighted by molar-refractivity contribution is 6.31. The molecule has 0 fully saturated rings. The number of alkyl halides is 1. The highest BCUT2D eigenvalue weighted by Gasteiger charge is 2.07. The van der Waals surface area contributed by atoms with E-state index in [4.69, 9.17) is 23.2 Å². The molecule has 0 heterocycles. The first-order chi connectivity index (χ1) is 9.60. The molecule has 20 heavy (non-hydrogen) atoms. The van der Waals surface area contributed by atoms with Crippen molar-refractivity contribution in [3.63, 3.8) is 0 Å². The van der Waals surface area contributed by atoms with Crippen molar-refractivity contribution in [2.75, 3.05) is 11.2 Å². The Bertz CT molecular complexity index is 608. The normalized spacial score (nSPS) is 10.3. The van der Waals surface area contributed by atoms with Crippen molar-refractivity contribution in [1.82, 2.24) is 0 Å². The van der Waals surface area contributed by atoms with Crippen molar-refractivity contribution in [1.29, 1.82) is 0 Å². The minimum atomic E-state index is -0.169. The van der Waals surface area contributed by atoms with Gasteiger partial charge in [-0.3, -0.25) is 4.79 Å². The maximum atomic E-state index is 12.1. The van der Waals surface area contributed by atoms with Crippen LogP contribution in [0.25, 0.3) is 0 Å². The van der Waals surface area contributed by atoms with Crippen LogP contribution in [-0.4, -0.2) is 11.8 Å². The Morgan fingerprint density at radius 3 is 2.45 bits per heavy atom. The lowest BCUT2D eigenvalue weighted by Gasteiger charge is -2.07. The van der Waals surface area contributed by atoms with E-state index in [1.54, 1.807) is 12.1 Å². The van der Waals surface area contributed by atoms with Crippen molar-refractivity contribution in [3.05, 3.63) is 64.2 Å². The molecule has 104 valence electrons. The Kier molecular flexibility index (Phi) is 5.05. The number of carbonyl (C=O) groups is 1. The summed E-state index contributed by atoms with van der Waals surface area (Å²) in [6, 6.07) is 12.9. The van der Waals surface area contributed by atoms with Gasteiger partial charge in [-0.15, -0.1) is 11.6 Å². The van der Waals surface area contributed by atoms with E-state index in [0.29, 0.717) is 16.5 Å². The summed E-state index contributed by atoms with van der Waals surface area (Å²) >= 11 is 11.7. The highest BCUT2D eigenvalue weighted by atomic mass is 35.5. The lowest BCUT2D eigenvalue weighted by atomic mass is 10.1. The number of benzene rings is 2. The van der Waals surface area contributed by atoms with Gasteiger partial charge in [0, 0.05) is 22.2 Å². The van der Waals surface area contributed by atoms with Crippen molar-refractivity contribution >= 4 is 34.8 Å². The van der Waals surface area contributed by atoms with Crippen LogP contribution in [0.3, 0.4) is 0 Å². The quantitative estimate of drug-likeness (QED) is 0.816. The minimum Gasteiger partial charge on any atom is -0.322 e. The molecule has 0 bridgehead atoms.